The van der Waals surface area contributed by atoms with E-state index in [1.165, 1.54) is 11.0 Å². The van der Waals surface area contributed by atoms with Crippen LogP contribution in [-0.4, -0.2) is 39.3 Å². The Morgan fingerprint density at radius 3 is 3.00 bits per heavy atom. The van der Waals surface area contributed by atoms with E-state index in [-0.39, 0.29) is 12.5 Å². The van der Waals surface area contributed by atoms with Gasteiger partial charge in [-0.1, -0.05) is 19.9 Å². The number of benzene rings is 1. The zero-order valence-electron chi connectivity index (χ0n) is 11.5. The molecule has 1 N–H and O–H groups in total. The molecule has 1 aromatic heterocycles. The SMILES string of the molecule is CC(C)CNC(=O)COc1cccc(-n2cnnn2)c1. The van der Waals surface area contributed by atoms with Gasteiger partial charge in [-0.3, -0.25) is 4.79 Å². The zero-order valence-corrected chi connectivity index (χ0v) is 11.5. The van der Waals surface area contributed by atoms with Gasteiger partial charge in [-0.05, 0) is 28.5 Å². The molecule has 0 spiro atoms. The second-order valence-corrected chi connectivity index (χ2v) is 4.74. The van der Waals surface area contributed by atoms with E-state index in [1.807, 2.05) is 26.0 Å². The van der Waals surface area contributed by atoms with E-state index >= 15 is 0 Å². The Kier molecular flexibility index (Phi) is 4.65. The molecule has 2 rings (SSSR count). The number of rotatable bonds is 6. The van der Waals surface area contributed by atoms with Gasteiger partial charge in [0.05, 0.1) is 5.69 Å². The van der Waals surface area contributed by atoms with Crippen molar-refractivity contribution >= 4 is 5.91 Å². The monoisotopic (exact) mass is 275 g/mol. The topological polar surface area (TPSA) is 81.9 Å². The summed E-state index contributed by atoms with van der Waals surface area (Å²) in [5.41, 5.74) is 0.773. The van der Waals surface area contributed by atoms with Gasteiger partial charge < -0.3 is 10.1 Å². The molecule has 0 fully saturated rings. The molecule has 20 heavy (non-hydrogen) atoms. The van der Waals surface area contributed by atoms with Crippen LogP contribution in [0.5, 0.6) is 5.75 Å². The second-order valence-electron chi connectivity index (χ2n) is 4.74. The van der Waals surface area contributed by atoms with Crippen molar-refractivity contribution in [1.29, 1.82) is 0 Å². The van der Waals surface area contributed by atoms with Gasteiger partial charge in [0.1, 0.15) is 12.1 Å². The van der Waals surface area contributed by atoms with E-state index < -0.39 is 0 Å². The summed E-state index contributed by atoms with van der Waals surface area (Å²) < 4.78 is 6.96. The highest BCUT2D eigenvalue weighted by molar-refractivity contribution is 5.77. The van der Waals surface area contributed by atoms with Gasteiger partial charge in [-0.2, -0.15) is 0 Å². The van der Waals surface area contributed by atoms with E-state index in [9.17, 15) is 4.79 Å². The molecule has 106 valence electrons. The third-order valence-electron chi connectivity index (χ3n) is 2.51. The Hall–Kier alpha value is -2.44. The van der Waals surface area contributed by atoms with Gasteiger partial charge in [0.25, 0.3) is 5.91 Å². The summed E-state index contributed by atoms with van der Waals surface area (Å²) in [6.45, 7) is 4.71. The molecular formula is C13H17N5O2. The van der Waals surface area contributed by atoms with E-state index in [0.29, 0.717) is 18.2 Å². The lowest BCUT2D eigenvalue weighted by molar-refractivity contribution is -0.123. The first-order valence-corrected chi connectivity index (χ1v) is 6.38. The lowest BCUT2D eigenvalue weighted by Crippen LogP contribution is -2.31. The zero-order chi connectivity index (χ0) is 14.4. The first-order valence-electron chi connectivity index (χ1n) is 6.38. The van der Waals surface area contributed by atoms with E-state index in [2.05, 4.69) is 20.8 Å². The summed E-state index contributed by atoms with van der Waals surface area (Å²) >= 11 is 0. The number of tetrazole rings is 1. The van der Waals surface area contributed by atoms with Crippen LogP contribution in [0.3, 0.4) is 0 Å². The number of carbonyl (C=O) groups excluding carboxylic acids is 1. The van der Waals surface area contributed by atoms with Gasteiger partial charge in [-0.15, -0.1) is 5.10 Å². The molecule has 2 aromatic rings. The highest BCUT2D eigenvalue weighted by atomic mass is 16.5. The number of ether oxygens (including phenoxy) is 1. The van der Waals surface area contributed by atoms with Crippen molar-refractivity contribution in [3.63, 3.8) is 0 Å². The fraction of sp³-hybridized carbons (Fsp3) is 0.385. The minimum atomic E-state index is -0.133. The highest BCUT2D eigenvalue weighted by Gasteiger charge is 2.05. The Bertz CT molecular complexity index is 554. The van der Waals surface area contributed by atoms with Crippen molar-refractivity contribution in [3.8, 4) is 11.4 Å². The molecule has 7 heteroatoms. The third-order valence-corrected chi connectivity index (χ3v) is 2.51. The van der Waals surface area contributed by atoms with Gasteiger partial charge in [-0.25, -0.2) is 4.68 Å². The van der Waals surface area contributed by atoms with Crippen molar-refractivity contribution < 1.29 is 9.53 Å². The number of nitrogens with zero attached hydrogens (tertiary/aromatic N) is 4. The fourth-order valence-electron chi connectivity index (χ4n) is 1.51. The average Bonchev–Trinajstić information content (AvgIpc) is 2.97. The van der Waals surface area contributed by atoms with Gasteiger partial charge in [0, 0.05) is 12.6 Å². The van der Waals surface area contributed by atoms with E-state index in [1.54, 1.807) is 12.1 Å². The normalized spacial score (nSPS) is 10.6. The fourth-order valence-corrected chi connectivity index (χ4v) is 1.51. The van der Waals surface area contributed by atoms with Gasteiger partial charge >= 0.3 is 0 Å². The highest BCUT2D eigenvalue weighted by Crippen LogP contribution is 2.15. The molecular weight excluding hydrogens is 258 g/mol. The van der Waals surface area contributed by atoms with Crippen molar-refractivity contribution in [2.24, 2.45) is 5.92 Å². The molecule has 1 aromatic carbocycles. The molecule has 0 bridgehead atoms. The summed E-state index contributed by atoms with van der Waals surface area (Å²) in [6.07, 6.45) is 1.49. The molecule has 0 saturated carbocycles. The van der Waals surface area contributed by atoms with E-state index in [4.69, 9.17) is 4.74 Å². The Balaban J connectivity index is 1.90. The van der Waals surface area contributed by atoms with Crippen LogP contribution in [0.25, 0.3) is 5.69 Å². The molecule has 0 atom stereocenters. The second kappa shape index (κ2) is 6.65. The van der Waals surface area contributed by atoms with Crippen LogP contribution in [0.1, 0.15) is 13.8 Å². The summed E-state index contributed by atoms with van der Waals surface area (Å²) in [4.78, 5) is 11.6. The van der Waals surface area contributed by atoms with Crippen molar-refractivity contribution in [1.82, 2.24) is 25.5 Å². The summed E-state index contributed by atoms with van der Waals surface area (Å²) in [7, 11) is 0. The van der Waals surface area contributed by atoms with Crippen molar-refractivity contribution in [3.05, 3.63) is 30.6 Å². The lowest BCUT2D eigenvalue weighted by Gasteiger charge is -2.09. The summed E-state index contributed by atoms with van der Waals surface area (Å²) in [6, 6.07) is 7.22. The molecule has 0 aliphatic carbocycles. The maximum absolute atomic E-state index is 11.6. The minimum absolute atomic E-state index is 0.00815. The van der Waals surface area contributed by atoms with Crippen LogP contribution in [0, 0.1) is 5.92 Å². The summed E-state index contributed by atoms with van der Waals surface area (Å²) in [5.74, 6) is 0.881. The maximum atomic E-state index is 11.6. The van der Waals surface area contributed by atoms with Crippen LogP contribution < -0.4 is 10.1 Å². The molecule has 0 radical (unpaired) electrons. The van der Waals surface area contributed by atoms with Gasteiger partial charge in [0.2, 0.25) is 0 Å². The molecule has 0 aliphatic heterocycles. The molecule has 0 aliphatic rings. The third kappa shape index (κ3) is 4.04. The first-order chi connectivity index (χ1) is 9.65. The molecule has 1 amide bonds. The van der Waals surface area contributed by atoms with Crippen LogP contribution in [0.2, 0.25) is 0 Å². The van der Waals surface area contributed by atoms with Gasteiger partial charge in [0.15, 0.2) is 6.61 Å². The average molecular weight is 275 g/mol. The molecule has 1 heterocycles. The number of carbonyl (C=O) groups is 1. The van der Waals surface area contributed by atoms with Crippen molar-refractivity contribution in [2.75, 3.05) is 13.2 Å². The largest absolute Gasteiger partial charge is 0.484 e. The smallest absolute Gasteiger partial charge is 0.257 e. The predicted molar refractivity (Wildman–Crippen MR) is 72.5 cm³/mol. The number of nitrogens with one attached hydrogen (secondary N) is 1. The van der Waals surface area contributed by atoms with Crippen LogP contribution in [0.15, 0.2) is 30.6 Å². The number of hydrogen-bond donors (Lipinski definition) is 1. The number of hydrogen-bond acceptors (Lipinski definition) is 5. The quantitative estimate of drug-likeness (QED) is 0.843. The number of amides is 1. The maximum Gasteiger partial charge on any atom is 0.257 e. The Labute approximate surface area is 116 Å². The molecule has 0 saturated heterocycles. The minimum Gasteiger partial charge on any atom is -0.484 e. The summed E-state index contributed by atoms with van der Waals surface area (Å²) in [5, 5.41) is 13.7. The first kappa shape index (κ1) is 14.0. The van der Waals surface area contributed by atoms with Crippen LogP contribution >= 0.6 is 0 Å². The van der Waals surface area contributed by atoms with E-state index in [0.717, 1.165) is 5.69 Å². The Morgan fingerprint density at radius 2 is 2.30 bits per heavy atom. The Morgan fingerprint density at radius 1 is 1.45 bits per heavy atom. The predicted octanol–water partition coefficient (Wildman–Crippen LogP) is 0.813. The van der Waals surface area contributed by atoms with Crippen LogP contribution in [0.4, 0.5) is 0 Å². The molecule has 7 nitrogen and oxygen atoms in total. The molecule has 0 unspecified atom stereocenters. The lowest BCUT2D eigenvalue weighted by atomic mass is 10.2. The van der Waals surface area contributed by atoms with Crippen molar-refractivity contribution in [2.45, 2.75) is 13.8 Å². The number of aromatic nitrogens is 4. The van der Waals surface area contributed by atoms with Crippen LogP contribution in [-0.2, 0) is 4.79 Å². The standard InChI is InChI=1S/C13H17N5O2/c1-10(2)7-14-13(19)8-20-12-5-3-4-11(6-12)18-9-15-16-17-18/h3-6,9-10H,7-8H2,1-2H3,(H,14,19).